The Kier molecular flexibility index (Phi) is 6.10. The summed E-state index contributed by atoms with van der Waals surface area (Å²) in [6, 6.07) is 16.5. The summed E-state index contributed by atoms with van der Waals surface area (Å²) in [7, 11) is 0. The van der Waals surface area contributed by atoms with Gasteiger partial charge in [-0.2, -0.15) is 0 Å². The van der Waals surface area contributed by atoms with E-state index in [9.17, 15) is 9.59 Å². The number of aromatic nitrogens is 3. The zero-order valence-corrected chi connectivity index (χ0v) is 17.7. The monoisotopic (exact) mass is 438 g/mol. The molecule has 0 radical (unpaired) electrons. The van der Waals surface area contributed by atoms with E-state index in [0.717, 1.165) is 16.8 Å². The molecule has 0 aliphatic heterocycles. The van der Waals surface area contributed by atoms with Gasteiger partial charge < -0.3 is 9.72 Å². The predicted molar refractivity (Wildman–Crippen MR) is 119 cm³/mol. The number of fused-ring (bicyclic) bond motifs is 1. The van der Waals surface area contributed by atoms with Crippen LogP contribution in [0.4, 0.5) is 5.13 Å². The van der Waals surface area contributed by atoms with E-state index in [1.165, 1.54) is 23.1 Å². The second-order valence-corrected chi connectivity index (χ2v) is 8.72. The van der Waals surface area contributed by atoms with Crippen LogP contribution in [-0.4, -0.2) is 27.7 Å². The van der Waals surface area contributed by atoms with E-state index in [1.807, 2.05) is 49.4 Å². The van der Waals surface area contributed by atoms with Crippen LogP contribution in [0.15, 0.2) is 63.7 Å². The van der Waals surface area contributed by atoms with E-state index in [0.29, 0.717) is 26.4 Å². The quantitative estimate of drug-likeness (QED) is 0.334. The maximum atomic E-state index is 12.2. The standard InChI is InChI=1S/C21H18N4O3S2/c1-13-6-8-15(9-7-13)28-11-19(27)23-20-24-25-21(30-20)29-12-14-10-18(26)16-4-2-3-5-17(16)22-14/h2-10H,11-12H2,1H3,(H,22,26)(H,23,24,27). The van der Waals surface area contributed by atoms with Crippen LogP contribution < -0.4 is 15.5 Å². The lowest BCUT2D eigenvalue weighted by Crippen LogP contribution is -2.20. The Balaban J connectivity index is 1.31. The van der Waals surface area contributed by atoms with Crippen molar-refractivity contribution >= 4 is 45.0 Å². The number of nitrogens with zero attached hydrogens (tertiary/aromatic N) is 2. The molecule has 2 N–H and O–H groups in total. The molecular formula is C21H18N4O3S2. The lowest BCUT2D eigenvalue weighted by molar-refractivity contribution is -0.118. The Bertz CT molecular complexity index is 1230. The van der Waals surface area contributed by atoms with Crippen molar-refractivity contribution in [3.63, 3.8) is 0 Å². The maximum absolute atomic E-state index is 12.2. The van der Waals surface area contributed by atoms with Crippen LogP contribution in [0.3, 0.4) is 0 Å². The lowest BCUT2D eigenvalue weighted by Gasteiger charge is -2.05. The van der Waals surface area contributed by atoms with Crippen molar-refractivity contribution in [3.05, 3.63) is 76.1 Å². The number of anilines is 1. The number of thioether (sulfide) groups is 1. The molecule has 0 aliphatic rings. The number of pyridine rings is 1. The predicted octanol–water partition coefficient (Wildman–Crippen LogP) is 4.00. The third kappa shape index (κ3) is 5.05. The smallest absolute Gasteiger partial charge is 0.264 e. The summed E-state index contributed by atoms with van der Waals surface area (Å²) in [6.07, 6.45) is 0. The van der Waals surface area contributed by atoms with Gasteiger partial charge in [-0.05, 0) is 31.2 Å². The van der Waals surface area contributed by atoms with Crippen LogP contribution in [0.2, 0.25) is 0 Å². The van der Waals surface area contributed by atoms with E-state index in [1.54, 1.807) is 12.1 Å². The highest BCUT2D eigenvalue weighted by Crippen LogP contribution is 2.28. The number of benzene rings is 2. The lowest BCUT2D eigenvalue weighted by atomic mass is 10.2. The van der Waals surface area contributed by atoms with Gasteiger partial charge in [-0.1, -0.05) is 52.9 Å². The first kappa shape index (κ1) is 20.1. The summed E-state index contributed by atoms with van der Waals surface area (Å²) >= 11 is 2.72. The van der Waals surface area contributed by atoms with Crippen molar-refractivity contribution in [2.24, 2.45) is 0 Å². The van der Waals surface area contributed by atoms with Gasteiger partial charge >= 0.3 is 0 Å². The molecule has 0 aliphatic carbocycles. The Morgan fingerprint density at radius 1 is 1.17 bits per heavy atom. The summed E-state index contributed by atoms with van der Waals surface area (Å²) < 4.78 is 6.15. The van der Waals surface area contributed by atoms with Crippen LogP contribution in [0.25, 0.3) is 10.9 Å². The molecule has 0 fully saturated rings. The topological polar surface area (TPSA) is 97.0 Å². The van der Waals surface area contributed by atoms with Crippen LogP contribution >= 0.6 is 23.1 Å². The summed E-state index contributed by atoms with van der Waals surface area (Å²) in [6.45, 7) is 1.88. The van der Waals surface area contributed by atoms with Crippen molar-refractivity contribution in [2.45, 2.75) is 17.0 Å². The van der Waals surface area contributed by atoms with Gasteiger partial charge in [0.1, 0.15) is 5.75 Å². The number of carbonyl (C=O) groups excluding carboxylic acids is 1. The highest BCUT2D eigenvalue weighted by Gasteiger charge is 2.10. The third-order valence-electron chi connectivity index (χ3n) is 4.19. The minimum Gasteiger partial charge on any atom is -0.484 e. The van der Waals surface area contributed by atoms with E-state index < -0.39 is 0 Å². The van der Waals surface area contributed by atoms with E-state index in [2.05, 4.69) is 20.5 Å². The molecule has 152 valence electrons. The van der Waals surface area contributed by atoms with Gasteiger partial charge in [0, 0.05) is 28.4 Å². The number of H-pyrrole nitrogens is 1. The fourth-order valence-electron chi connectivity index (χ4n) is 2.73. The van der Waals surface area contributed by atoms with E-state index in [-0.39, 0.29) is 17.9 Å². The van der Waals surface area contributed by atoms with Gasteiger partial charge in [0.15, 0.2) is 16.4 Å². The molecule has 0 bridgehead atoms. The number of rotatable bonds is 7. The number of nitrogens with one attached hydrogen (secondary N) is 2. The third-order valence-corrected chi connectivity index (χ3v) is 6.21. The molecule has 7 nitrogen and oxygen atoms in total. The second-order valence-electron chi connectivity index (χ2n) is 6.52. The summed E-state index contributed by atoms with van der Waals surface area (Å²) in [4.78, 5) is 27.5. The molecule has 9 heteroatoms. The number of para-hydroxylation sites is 1. The van der Waals surface area contributed by atoms with E-state index in [4.69, 9.17) is 4.74 Å². The largest absolute Gasteiger partial charge is 0.484 e. The van der Waals surface area contributed by atoms with Crippen LogP contribution in [0, 0.1) is 6.92 Å². The first-order valence-corrected chi connectivity index (χ1v) is 10.9. The Morgan fingerprint density at radius 2 is 1.97 bits per heavy atom. The van der Waals surface area contributed by atoms with Crippen molar-refractivity contribution in [3.8, 4) is 5.75 Å². The second kappa shape index (κ2) is 9.10. The average Bonchev–Trinajstić information content (AvgIpc) is 3.19. The molecule has 4 rings (SSSR count). The van der Waals surface area contributed by atoms with Crippen molar-refractivity contribution in [1.29, 1.82) is 0 Å². The molecule has 0 spiro atoms. The summed E-state index contributed by atoms with van der Waals surface area (Å²) in [5, 5.41) is 11.8. The van der Waals surface area contributed by atoms with Crippen LogP contribution in [-0.2, 0) is 10.5 Å². The fourth-order valence-corrected chi connectivity index (χ4v) is 4.40. The number of carbonyl (C=O) groups is 1. The zero-order valence-electron chi connectivity index (χ0n) is 16.0. The SMILES string of the molecule is Cc1ccc(OCC(=O)Nc2nnc(SCc3cc(=O)c4ccccc4[nH]3)s2)cc1. The Labute approximate surface area is 180 Å². The molecule has 4 aromatic rings. The number of aryl methyl sites for hydroxylation is 1. The van der Waals surface area contributed by atoms with Crippen molar-refractivity contribution in [2.75, 3.05) is 11.9 Å². The highest BCUT2D eigenvalue weighted by atomic mass is 32.2. The zero-order chi connectivity index (χ0) is 20.9. The first-order chi connectivity index (χ1) is 14.6. The van der Waals surface area contributed by atoms with Crippen molar-refractivity contribution in [1.82, 2.24) is 15.2 Å². The average molecular weight is 439 g/mol. The fraction of sp³-hybridized carbons (Fsp3) is 0.143. The van der Waals surface area contributed by atoms with Gasteiger partial charge in [0.2, 0.25) is 5.13 Å². The molecular weight excluding hydrogens is 420 g/mol. The Morgan fingerprint density at radius 3 is 2.80 bits per heavy atom. The van der Waals surface area contributed by atoms with E-state index >= 15 is 0 Å². The summed E-state index contributed by atoms with van der Waals surface area (Å²) in [5.41, 5.74) is 2.72. The van der Waals surface area contributed by atoms with Gasteiger partial charge in [-0.15, -0.1) is 10.2 Å². The molecule has 0 saturated carbocycles. The van der Waals surface area contributed by atoms with Crippen molar-refractivity contribution < 1.29 is 9.53 Å². The summed E-state index contributed by atoms with van der Waals surface area (Å²) in [5.74, 6) is 0.870. The minimum atomic E-state index is -0.304. The number of hydrogen-bond donors (Lipinski definition) is 2. The number of ether oxygens (including phenoxy) is 1. The number of hydrogen-bond acceptors (Lipinski definition) is 7. The minimum absolute atomic E-state index is 0.0151. The molecule has 0 unspecified atom stereocenters. The van der Waals surface area contributed by atoms with Gasteiger partial charge in [-0.3, -0.25) is 14.9 Å². The normalized spacial score (nSPS) is 10.8. The highest BCUT2D eigenvalue weighted by molar-refractivity contribution is 8.00. The molecule has 2 aromatic heterocycles. The maximum Gasteiger partial charge on any atom is 0.264 e. The first-order valence-electron chi connectivity index (χ1n) is 9.13. The van der Waals surface area contributed by atoms with Gasteiger partial charge in [-0.25, -0.2) is 0 Å². The number of aromatic amines is 1. The number of amides is 1. The van der Waals surface area contributed by atoms with Crippen LogP contribution in [0.5, 0.6) is 5.75 Å². The molecule has 2 aromatic carbocycles. The van der Waals surface area contributed by atoms with Gasteiger partial charge in [0.25, 0.3) is 5.91 Å². The molecule has 1 amide bonds. The molecule has 0 atom stereocenters. The van der Waals surface area contributed by atoms with Crippen LogP contribution in [0.1, 0.15) is 11.3 Å². The molecule has 0 saturated heterocycles. The molecule has 30 heavy (non-hydrogen) atoms. The Hall–Kier alpha value is -3.17. The molecule has 2 heterocycles. The van der Waals surface area contributed by atoms with Gasteiger partial charge in [0.05, 0.1) is 0 Å².